The largest absolute Gasteiger partial charge is 0.399 e. The average Bonchev–Trinajstić information content (AvgIpc) is 2.52. The normalized spacial score (nSPS) is 18.2. The molecule has 2 N–H and O–H groups in total. The monoisotopic (exact) mass is 365 g/mol. The highest BCUT2D eigenvalue weighted by atomic mass is 32.2. The molecule has 1 fully saturated rings. The van der Waals surface area contributed by atoms with Crippen molar-refractivity contribution in [3.63, 3.8) is 0 Å². The minimum Gasteiger partial charge on any atom is -0.399 e. The quantitative estimate of drug-likeness (QED) is 0.813. The van der Waals surface area contributed by atoms with Crippen molar-refractivity contribution in [1.29, 1.82) is 0 Å². The SMILES string of the molecule is CN(C1CCN(CCC(F)(F)F)CC1)S(=O)(=O)c1ccc(N)cc1. The molecule has 1 heterocycles. The first-order valence-corrected chi connectivity index (χ1v) is 9.16. The van der Waals surface area contributed by atoms with Gasteiger partial charge in [0.2, 0.25) is 10.0 Å². The first-order chi connectivity index (χ1) is 11.1. The Morgan fingerprint density at radius 1 is 1.21 bits per heavy atom. The van der Waals surface area contributed by atoms with Crippen molar-refractivity contribution in [2.45, 2.75) is 36.4 Å². The lowest BCUT2D eigenvalue weighted by Crippen LogP contribution is -2.46. The fraction of sp³-hybridized carbons (Fsp3) is 0.600. The van der Waals surface area contributed by atoms with Crippen molar-refractivity contribution in [3.8, 4) is 0 Å². The minimum absolute atomic E-state index is 0.0371. The van der Waals surface area contributed by atoms with E-state index in [4.69, 9.17) is 5.73 Å². The zero-order valence-electron chi connectivity index (χ0n) is 13.5. The topological polar surface area (TPSA) is 66.6 Å². The van der Waals surface area contributed by atoms with Crippen LogP contribution in [-0.4, -0.2) is 56.5 Å². The summed E-state index contributed by atoms with van der Waals surface area (Å²) >= 11 is 0. The maximum Gasteiger partial charge on any atom is 0.390 e. The highest BCUT2D eigenvalue weighted by Crippen LogP contribution is 2.25. The minimum atomic E-state index is -4.16. The summed E-state index contributed by atoms with van der Waals surface area (Å²) in [7, 11) is -2.11. The summed E-state index contributed by atoms with van der Waals surface area (Å²) in [4.78, 5) is 1.90. The zero-order chi connectivity index (χ0) is 18.0. The lowest BCUT2D eigenvalue weighted by molar-refractivity contribution is -0.138. The van der Waals surface area contributed by atoms with Gasteiger partial charge in [-0.3, -0.25) is 0 Å². The van der Waals surface area contributed by atoms with E-state index in [9.17, 15) is 21.6 Å². The van der Waals surface area contributed by atoms with Crippen molar-refractivity contribution in [3.05, 3.63) is 24.3 Å². The summed E-state index contributed by atoms with van der Waals surface area (Å²) in [6, 6.07) is 5.76. The fourth-order valence-corrected chi connectivity index (χ4v) is 4.21. The van der Waals surface area contributed by atoms with Crippen LogP contribution in [0.5, 0.6) is 0 Å². The van der Waals surface area contributed by atoms with E-state index in [-0.39, 0.29) is 17.5 Å². The van der Waals surface area contributed by atoms with E-state index in [1.54, 1.807) is 4.90 Å². The Kier molecular flexibility index (Phi) is 5.77. The highest BCUT2D eigenvalue weighted by molar-refractivity contribution is 7.89. The first kappa shape index (κ1) is 19.0. The molecule has 1 saturated heterocycles. The van der Waals surface area contributed by atoms with E-state index < -0.39 is 22.6 Å². The van der Waals surface area contributed by atoms with Crippen LogP contribution in [0.4, 0.5) is 18.9 Å². The van der Waals surface area contributed by atoms with Gasteiger partial charge in [0, 0.05) is 25.3 Å². The van der Waals surface area contributed by atoms with Crippen LogP contribution in [0.25, 0.3) is 0 Å². The van der Waals surface area contributed by atoms with Gasteiger partial charge in [0.1, 0.15) is 0 Å². The second kappa shape index (κ2) is 7.28. The van der Waals surface area contributed by atoms with Crippen LogP contribution in [0.15, 0.2) is 29.2 Å². The number of nitrogens with zero attached hydrogens (tertiary/aromatic N) is 2. The molecule has 0 aliphatic carbocycles. The average molecular weight is 365 g/mol. The third kappa shape index (κ3) is 4.84. The van der Waals surface area contributed by atoms with Gasteiger partial charge in [0.05, 0.1) is 11.3 Å². The predicted molar refractivity (Wildman–Crippen MR) is 85.9 cm³/mol. The molecule has 0 aromatic heterocycles. The van der Waals surface area contributed by atoms with E-state index in [2.05, 4.69) is 0 Å². The Hall–Kier alpha value is -1.32. The summed E-state index contributed by atoms with van der Waals surface area (Å²) in [5, 5.41) is 0. The molecule has 24 heavy (non-hydrogen) atoms. The molecule has 9 heteroatoms. The van der Waals surface area contributed by atoms with E-state index in [1.165, 1.54) is 35.6 Å². The van der Waals surface area contributed by atoms with Gasteiger partial charge < -0.3 is 10.6 Å². The summed E-state index contributed by atoms with van der Waals surface area (Å²) in [6.07, 6.45) is -3.96. The number of nitrogen functional groups attached to an aromatic ring is 1. The molecule has 0 radical (unpaired) electrons. The molecular formula is C15H22F3N3O2S. The number of hydrogen-bond acceptors (Lipinski definition) is 4. The number of anilines is 1. The van der Waals surface area contributed by atoms with E-state index in [0.717, 1.165) is 0 Å². The number of halogens is 3. The lowest BCUT2D eigenvalue weighted by atomic mass is 10.1. The molecule has 0 saturated carbocycles. The van der Waals surface area contributed by atoms with E-state index in [0.29, 0.717) is 31.6 Å². The van der Waals surface area contributed by atoms with Gasteiger partial charge >= 0.3 is 6.18 Å². The molecule has 0 bridgehead atoms. The molecule has 1 aromatic rings. The number of rotatable bonds is 5. The molecule has 5 nitrogen and oxygen atoms in total. The summed E-state index contributed by atoms with van der Waals surface area (Å²) in [5.74, 6) is 0. The van der Waals surface area contributed by atoms with Gasteiger partial charge in [0.15, 0.2) is 0 Å². The van der Waals surface area contributed by atoms with Crippen LogP contribution in [0.3, 0.4) is 0 Å². The highest BCUT2D eigenvalue weighted by Gasteiger charge is 2.32. The van der Waals surface area contributed by atoms with Gasteiger partial charge in [-0.1, -0.05) is 0 Å². The third-order valence-electron chi connectivity index (χ3n) is 4.34. The van der Waals surface area contributed by atoms with Gasteiger partial charge in [-0.15, -0.1) is 0 Å². The van der Waals surface area contributed by atoms with Crippen molar-refractivity contribution in [1.82, 2.24) is 9.21 Å². The summed E-state index contributed by atoms with van der Waals surface area (Å²) < 4.78 is 63.3. The number of alkyl halides is 3. The molecule has 1 aromatic carbocycles. The van der Waals surface area contributed by atoms with Crippen LogP contribution < -0.4 is 5.73 Å². The zero-order valence-corrected chi connectivity index (χ0v) is 14.3. The lowest BCUT2D eigenvalue weighted by Gasteiger charge is -2.36. The first-order valence-electron chi connectivity index (χ1n) is 7.72. The molecule has 1 aliphatic rings. The van der Waals surface area contributed by atoms with E-state index >= 15 is 0 Å². The van der Waals surface area contributed by atoms with Gasteiger partial charge in [0.25, 0.3) is 0 Å². The standard InChI is InChI=1S/C15H22F3N3O2S/c1-20(24(22,23)14-4-2-12(19)3-5-14)13-6-9-21(10-7-13)11-8-15(16,17)18/h2-5,13H,6-11,19H2,1H3. The van der Waals surface area contributed by atoms with Crippen LogP contribution in [0.1, 0.15) is 19.3 Å². The molecule has 136 valence electrons. The molecule has 0 unspecified atom stereocenters. The van der Waals surface area contributed by atoms with Crippen molar-refractivity contribution < 1.29 is 21.6 Å². The third-order valence-corrected chi connectivity index (χ3v) is 6.26. The van der Waals surface area contributed by atoms with Gasteiger partial charge in [-0.25, -0.2) is 8.42 Å². The number of benzene rings is 1. The van der Waals surface area contributed by atoms with E-state index in [1.807, 2.05) is 0 Å². The van der Waals surface area contributed by atoms with Crippen LogP contribution >= 0.6 is 0 Å². The predicted octanol–water partition coefficient (Wildman–Crippen LogP) is 2.31. The smallest absolute Gasteiger partial charge is 0.390 e. The molecule has 0 spiro atoms. The van der Waals surface area contributed by atoms with Crippen molar-refractivity contribution >= 4 is 15.7 Å². The Morgan fingerprint density at radius 3 is 2.25 bits per heavy atom. The Labute approximate surface area is 140 Å². The fourth-order valence-electron chi connectivity index (χ4n) is 2.79. The summed E-state index contributed by atoms with van der Waals surface area (Å²) in [6.45, 7) is 0.884. The van der Waals surface area contributed by atoms with Crippen LogP contribution in [0.2, 0.25) is 0 Å². The number of nitrogens with two attached hydrogens (primary N) is 1. The van der Waals surface area contributed by atoms with Crippen molar-refractivity contribution in [2.24, 2.45) is 0 Å². The van der Waals surface area contributed by atoms with Crippen LogP contribution in [-0.2, 0) is 10.0 Å². The van der Waals surface area contributed by atoms with Gasteiger partial charge in [-0.05, 0) is 50.2 Å². The Balaban J connectivity index is 1.94. The second-order valence-corrected chi connectivity index (χ2v) is 8.03. The number of hydrogen-bond donors (Lipinski definition) is 1. The second-order valence-electron chi connectivity index (χ2n) is 6.03. The molecular weight excluding hydrogens is 343 g/mol. The maximum atomic E-state index is 12.6. The molecule has 1 aliphatic heterocycles. The Bertz CT molecular complexity index is 639. The van der Waals surface area contributed by atoms with Crippen LogP contribution in [0, 0.1) is 0 Å². The molecule has 0 amide bonds. The maximum absolute atomic E-state index is 12.6. The number of piperidine rings is 1. The molecule has 0 atom stereocenters. The van der Waals surface area contributed by atoms with Gasteiger partial charge in [-0.2, -0.15) is 17.5 Å². The van der Waals surface area contributed by atoms with Crippen molar-refractivity contribution in [2.75, 3.05) is 32.4 Å². The Morgan fingerprint density at radius 2 is 1.75 bits per heavy atom. The molecule has 2 rings (SSSR count). The number of sulfonamides is 1. The summed E-state index contributed by atoms with van der Waals surface area (Å²) in [5.41, 5.74) is 6.05. The number of likely N-dealkylation sites (tertiary alicyclic amines) is 1.